The van der Waals surface area contributed by atoms with E-state index in [9.17, 15) is 0 Å². The van der Waals surface area contributed by atoms with Crippen molar-refractivity contribution >= 4 is 0 Å². The fraction of sp³-hybridized carbons (Fsp3) is 0.571. The highest BCUT2D eigenvalue weighted by Gasteiger charge is 2.13. The zero-order valence-corrected chi connectivity index (χ0v) is 10.4. The van der Waals surface area contributed by atoms with E-state index < -0.39 is 0 Å². The van der Waals surface area contributed by atoms with Crippen LogP contribution >= 0.6 is 0 Å². The van der Waals surface area contributed by atoms with Crippen molar-refractivity contribution in [3.63, 3.8) is 0 Å². The molecule has 1 aromatic rings. The first-order valence-electron chi connectivity index (χ1n) is 6.00. The molecule has 0 N–H and O–H groups in total. The quantitative estimate of drug-likeness (QED) is 0.627. The molecule has 1 nitrogen and oxygen atoms in total. The van der Waals surface area contributed by atoms with Crippen molar-refractivity contribution in [2.75, 3.05) is 27.2 Å². The van der Waals surface area contributed by atoms with Crippen LogP contribution in [0.3, 0.4) is 0 Å². The lowest BCUT2D eigenvalue weighted by Gasteiger charge is -2.29. The Morgan fingerprint density at radius 3 is 2.27 bits per heavy atom. The third kappa shape index (κ3) is 4.98. The number of quaternary nitrogens is 1. The molecule has 15 heavy (non-hydrogen) atoms. The molecule has 0 aliphatic carbocycles. The summed E-state index contributed by atoms with van der Waals surface area (Å²) in [6.45, 7) is 4.80. The maximum atomic E-state index is 2.33. The minimum atomic E-state index is 1.14. The highest BCUT2D eigenvalue weighted by atomic mass is 15.3. The van der Waals surface area contributed by atoms with Crippen molar-refractivity contribution in [1.29, 1.82) is 0 Å². The summed E-state index contributed by atoms with van der Waals surface area (Å²) in [5, 5.41) is 0. The second-order valence-electron chi connectivity index (χ2n) is 4.97. The summed E-state index contributed by atoms with van der Waals surface area (Å²) in [5.74, 6) is 0. The highest BCUT2D eigenvalue weighted by molar-refractivity contribution is 5.14. The van der Waals surface area contributed by atoms with Crippen LogP contribution in [-0.2, 0) is 6.42 Å². The molecule has 0 radical (unpaired) electrons. The summed E-state index contributed by atoms with van der Waals surface area (Å²) in [4.78, 5) is 0. The van der Waals surface area contributed by atoms with Gasteiger partial charge in [0.2, 0.25) is 0 Å². The molecular formula is C14H24N+. The molecule has 1 rings (SSSR count). The topological polar surface area (TPSA) is 0 Å². The summed E-state index contributed by atoms with van der Waals surface area (Å²) in [5.41, 5.74) is 1.46. The van der Waals surface area contributed by atoms with Crippen LogP contribution in [-0.4, -0.2) is 31.7 Å². The van der Waals surface area contributed by atoms with Gasteiger partial charge in [-0.2, -0.15) is 0 Å². The second kappa shape index (κ2) is 5.92. The van der Waals surface area contributed by atoms with Crippen LogP contribution in [0.4, 0.5) is 0 Å². The van der Waals surface area contributed by atoms with Gasteiger partial charge < -0.3 is 4.48 Å². The molecule has 0 atom stereocenters. The molecule has 84 valence electrons. The fourth-order valence-electron chi connectivity index (χ4n) is 1.77. The molecule has 0 saturated heterocycles. The molecule has 0 fully saturated rings. The minimum absolute atomic E-state index is 1.14. The molecule has 0 unspecified atom stereocenters. The van der Waals surface area contributed by atoms with Crippen molar-refractivity contribution in [2.24, 2.45) is 0 Å². The van der Waals surface area contributed by atoms with Crippen LogP contribution in [0.25, 0.3) is 0 Å². The van der Waals surface area contributed by atoms with Gasteiger partial charge in [0, 0.05) is 6.42 Å². The predicted molar refractivity (Wildman–Crippen MR) is 66.9 cm³/mol. The van der Waals surface area contributed by atoms with E-state index in [0.717, 1.165) is 4.48 Å². The van der Waals surface area contributed by atoms with E-state index in [0.29, 0.717) is 0 Å². The first-order chi connectivity index (χ1) is 7.14. The van der Waals surface area contributed by atoms with Gasteiger partial charge in [-0.1, -0.05) is 43.7 Å². The lowest BCUT2D eigenvalue weighted by Crippen LogP contribution is -2.42. The Bertz CT molecular complexity index is 264. The Balaban J connectivity index is 2.35. The van der Waals surface area contributed by atoms with Crippen molar-refractivity contribution in [3.05, 3.63) is 35.9 Å². The molecule has 0 aliphatic rings. The molecule has 1 heteroatoms. The van der Waals surface area contributed by atoms with Crippen LogP contribution in [0.15, 0.2) is 30.3 Å². The standard InChI is InChI=1S/C14H24N/c1-4-5-12-15(2,3)13-11-14-9-7-6-8-10-14/h6-10H,4-5,11-13H2,1-3H3/q+1. The van der Waals surface area contributed by atoms with E-state index in [1.54, 1.807) is 0 Å². The average molecular weight is 206 g/mol. The number of unbranched alkanes of at least 4 members (excludes halogenated alkanes) is 1. The Kier molecular flexibility index (Phi) is 4.83. The van der Waals surface area contributed by atoms with Crippen LogP contribution in [0.2, 0.25) is 0 Å². The van der Waals surface area contributed by atoms with Crippen LogP contribution < -0.4 is 0 Å². The highest BCUT2D eigenvalue weighted by Crippen LogP contribution is 2.06. The molecule has 0 spiro atoms. The van der Waals surface area contributed by atoms with Crippen molar-refractivity contribution in [1.82, 2.24) is 0 Å². The number of benzene rings is 1. The smallest absolute Gasteiger partial charge is 0.0823 e. The lowest BCUT2D eigenvalue weighted by atomic mass is 10.1. The molecule has 0 amide bonds. The van der Waals surface area contributed by atoms with Gasteiger partial charge in [0.05, 0.1) is 27.2 Å². The molecule has 0 saturated carbocycles. The summed E-state index contributed by atoms with van der Waals surface area (Å²) < 4.78 is 1.14. The van der Waals surface area contributed by atoms with Gasteiger partial charge in [-0.3, -0.25) is 0 Å². The van der Waals surface area contributed by atoms with E-state index in [1.807, 2.05) is 0 Å². The van der Waals surface area contributed by atoms with Crippen molar-refractivity contribution in [2.45, 2.75) is 26.2 Å². The summed E-state index contributed by atoms with van der Waals surface area (Å²) >= 11 is 0. The molecule has 1 aromatic carbocycles. The second-order valence-corrected chi connectivity index (χ2v) is 4.97. The normalized spacial score (nSPS) is 11.7. The Hall–Kier alpha value is -0.820. The summed E-state index contributed by atoms with van der Waals surface area (Å²) in [6.07, 6.45) is 3.83. The number of likely N-dealkylation sites (N-methyl/N-ethyl adjacent to an activating group) is 1. The lowest BCUT2D eigenvalue weighted by molar-refractivity contribution is -0.890. The van der Waals surface area contributed by atoms with Gasteiger partial charge in [0.25, 0.3) is 0 Å². The molecule has 0 aliphatic heterocycles. The first-order valence-corrected chi connectivity index (χ1v) is 6.00. The van der Waals surface area contributed by atoms with E-state index in [1.165, 1.54) is 37.9 Å². The van der Waals surface area contributed by atoms with Crippen LogP contribution in [0, 0.1) is 0 Å². The van der Waals surface area contributed by atoms with Crippen LogP contribution in [0.1, 0.15) is 25.3 Å². The molecule has 0 aromatic heterocycles. The maximum absolute atomic E-state index is 2.33. The molecule has 0 bridgehead atoms. The van der Waals surface area contributed by atoms with Gasteiger partial charge in [0.15, 0.2) is 0 Å². The van der Waals surface area contributed by atoms with Gasteiger partial charge in [-0.25, -0.2) is 0 Å². The molecular weight excluding hydrogens is 182 g/mol. The third-order valence-corrected chi connectivity index (χ3v) is 2.97. The van der Waals surface area contributed by atoms with Gasteiger partial charge in [-0.15, -0.1) is 0 Å². The van der Waals surface area contributed by atoms with E-state index in [-0.39, 0.29) is 0 Å². The zero-order valence-electron chi connectivity index (χ0n) is 10.4. The maximum Gasteiger partial charge on any atom is 0.0823 e. The number of hydrogen-bond acceptors (Lipinski definition) is 0. The predicted octanol–water partition coefficient (Wildman–Crippen LogP) is 3.11. The Morgan fingerprint density at radius 2 is 1.67 bits per heavy atom. The van der Waals surface area contributed by atoms with Gasteiger partial charge in [0.1, 0.15) is 0 Å². The van der Waals surface area contributed by atoms with E-state index >= 15 is 0 Å². The SMILES string of the molecule is CCCC[N+](C)(C)CCc1ccccc1. The third-order valence-electron chi connectivity index (χ3n) is 2.97. The summed E-state index contributed by atoms with van der Waals surface area (Å²) in [7, 11) is 4.66. The van der Waals surface area contributed by atoms with E-state index in [4.69, 9.17) is 0 Å². The molecule has 0 heterocycles. The fourth-order valence-corrected chi connectivity index (χ4v) is 1.77. The zero-order chi connectivity index (χ0) is 11.1. The largest absolute Gasteiger partial charge is 0.328 e. The summed E-state index contributed by atoms with van der Waals surface area (Å²) in [6, 6.07) is 10.8. The van der Waals surface area contributed by atoms with Crippen molar-refractivity contribution < 1.29 is 4.48 Å². The van der Waals surface area contributed by atoms with Crippen LogP contribution in [0.5, 0.6) is 0 Å². The first kappa shape index (κ1) is 12.3. The van der Waals surface area contributed by atoms with Crippen molar-refractivity contribution in [3.8, 4) is 0 Å². The number of nitrogens with zero attached hydrogens (tertiary/aromatic N) is 1. The van der Waals surface area contributed by atoms with E-state index in [2.05, 4.69) is 51.4 Å². The number of rotatable bonds is 6. The monoisotopic (exact) mass is 206 g/mol. The average Bonchev–Trinajstić information content (AvgIpc) is 2.25. The Morgan fingerprint density at radius 1 is 1.00 bits per heavy atom. The number of hydrogen-bond donors (Lipinski definition) is 0. The van der Waals surface area contributed by atoms with Gasteiger partial charge in [-0.05, 0) is 12.0 Å². The van der Waals surface area contributed by atoms with Gasteiger partial charge >= 0.3 is 0 Å². The Labute approximate surface area is 94.3 Å². The minimum Gasteiger partial charge on any atom is -0.328 e.